The summed E-state index contributed by atoms with van der Waals surface area (Å²) in [5.41, 5.74) is 2.05. The van der Waals surface area contributed by atoms with E-state index in [2.05, 4.69) is 45.5 Å². The fraction of sp³-hybridized carbons (Fsp3) is 0.0588. The molecule has 0 bridgehead atoms. The Morgan fingerprint density at radius 3 is 2.82 bits per heavy atom. The maximum absolute atomic E-state index is 4.79. The highest BCUT2D eigenvalue weighted by atomic mass is 15.3. The predicted molar refractivity (Wildman–Crippen MR) is 84.6 cm³/mol. The van der Waals surface area contributed by atoms with Gasteiger partial charge in [0.25, 0.3) is 0 Å². The van der Waals surface area contributed by atoms with E-state index in [9.17, 15) is 0 Å². The van der Waals surface area contributed by atoms with E-state index in [4.69, 9.17) is 4.98 Å². The minimum Gasteiger partial charge on any atom is -0.223 e. The maximum Gasteiger partial charge on any atom is 0.239 e. The van der Waals surface area contributed by atoms with Gasteiger partial charge >= 0.3 is 0 Å². The van der Waals surface area contributed by atoms with Crippen LogP contribution in [0.25, 0.3) is 27.6 Å². The molecule has 3 heterocycles. The summed E-state index contributed by atoms with van der Waals surface area (Å²) in [4.78, 5) is 8.78. The van der Waals surface area contributed by atoms with E-state index in [-0.39, 0.29) is 0 Å². The van der Waals surface area contributed by atoms with Crippen LogP contribution in [0, 0.1) is 0 Å². The van der Waals surface area contributed by atoms with Gasteiger partial charge in [0.15, 0.2) is 18.6 Å². The van der Waals surface area contributed by atoms with Gasteiger partial charge in [-0.3, -0.25) is 0 Å². The first kappa shape index (κ1) is 12.6. The first-order valence-electron chi connectivity index (χ1n) is 7.04. The summed E-state index contributed by atoms with van der Waals surface area (Å²) in [7, 11) is 0. The van der Waals surface area contributed by atoms with Gasteiger partial charge in [-0.25, -0.2) is 14.6 Å². The average molecular weight is 288 g/mol. The Hall–Kier alpha value is -3.08. The predicted octanol–water partition coefficient (Wildman–Crippen LogP) is 2.44. The number of aromatic nitrogens is 5. The fourth-order valence-electron chi connectivity index (χ4n) is 2.69. The molecule has 0 radical (unpaired) electrons. The molecule has 0 aliphatic heterocycles. The van der Waals surface area contributed by atoms with Crippen molar-refractivity contribution in [2.24, 2.45) is 0 Å². The summed E-state index contributed by atoms with van der Waals surface area (Å²) in [5, 5.41) is 6.40. The average Bonchev–Trinajstić information content (AvgIpc) is 3.09. The van der Waals surface area contributed by atoms with Crippen molar-refractivity contribution in [2.75, 3.05) is 0 Å². The van der Waals surface area contributed by atoms with Crippen molar-refractivity contribution in [3.8, 4) is 5.82 Å². The maximum atomic E-state index is 4.79. The molecular formula is C17H14N5+. The summed E-state index contributed by atoms with van der Waals surface area (Å²) in [6, 6.07) is 12.4. The van der Waals surface area contributed by atoms with Gasteiger partial charge in [-0.05, 0) is 30.3 Å². The Kier molecular flexibility index (Phi) is 2.89. The molecule has 0 aliphatic carbocycles. The van der Waals surface area contributed by atoms with Crippen molar-refractivity contribution < 1.29 is 4.57 Å². The van der Waals surface area contributed by atoms with Crippen LogP contribution in [0.3, 0.4) is 0 Å². The second kappa shape index (κ2) is 5.04. The topological polar surface area (TPSA) is 47.5 Å². The summed E-state index contributed by atoms with van der Waals surface area (Å²) in [6.45, 7) is 4.58. The van der Waals surface area contributed by atoms with Crippen molar-refractivity contribution in [2.45, 2.75) is 6.54 Å². The van der Waals surface area contributed by atoms with Crippen molar-refractivity contribution >= 4 is 21.8 Å². The minimum atomic E-state index is 0.742. The van der Waals surface area contributed by atoms with Crippen LogP contribution >= 0.6 is 0 Å². The highest BCUT2D eigenvalue weighted by Crippen LogP contribution is 2.22. The van der Waals surface area contributed by atoms with Crippen LogP contribution in [0.2, 0.25) is 0 Å². The molecule has 0 atom stereocenters. The summed E-state index contributed by atoms with van der Waals surface area (Å²) in [6.07, 6.45) is 7.09. The van der Waals surface area contributed by atoms with E-state index in [0.717, 1.165) is 34.2 Å². The van der Waals surface area contributed by atoms with E-state index < -0.39 is 0 Å². The Labute approximate surface area is 127 Å². The minimum absolute atomic E-state index is 0.742. The zero-order chi connectivity index (χ0) is 14.9. The second-order valence-electron chi connectivity index (χ2n) is 5.03. The molecule has 22 heavy (non-hydrogen) atoms. The lowest BCUT2D eigenvalue weighted by molar-refractivity contribution is -0.660. The number of hydrogen-bond acceptors (Lipinski definition) is 3. The van der Waals surface area contributed by atoms with Gasteiger partial charge in [-0.15, -0.1) is 0 Å². The van der Waals surface area contributed by atoms with Gasteiger partial charge in [0.05, 0.1) is 0 Å². The van der Waals surface area contributed by atoms with Crippen LogP contribution < -0.4 is 4.57 Å². The largest absolute Gasteiger partial charge is 0.239 e. The zero-order valence-corrected chi connectivity index (χ0v) is 11.9. The van der Waals surface area contributed by atoms with Gasteiger partial charge < -0.3 is 0 Å². The van der Waals surface area contributed by atoms with Gasteiger partial charge in [-0.2, -0.15) is 9.67 Å². The normalized spacial score (nSPS) is 11.1. The van der Waals surface area contributed by atoms with E-state index >= 15 is 0 Å². The number of nitrogens with zero attached hydrogens (tertiary/aromatic N) is 5. The number of benzene rings is 1. The molecule has 5 nitrogen and oxygen atoms in total. The Morgan fingerprint density at radius 2 is 2.00 bits per heavy atom. The lowest BCUT2D eigenvalue weighted by Gasteiger charge is -2.05. The molecule has 0 amide bonds. The quantitative estimate of drug-likeness (QED) is 0.330. The highest BCUT2D eigenvalue weighted by molar-refractivity contribution is 6.01. The van der Waals surface area contributed by atoms with Crippen LogP contribution in [-0.4, -0.2) is 19.7 Å². The second-order valence-corrected chi connectivity index (χ2v) is 5.03. The number of allylic oxidation sites excluding steroid dienone is 1. The molecule has 0 fully saturated rings. The van der Waals surface area contributed by atoms with Gasteiger partial charge in [-0.1, -0.05) is 12.6 Å². The molecule has 106 valence electrons. The van der Waals surface area contributed by atoms with Crippen LogP contribution in [0.1, 0.15) is 0 Å². The molecule has 0 saturated carbocycles. The third-order valence-corrected chi connectivity index (χ3v) is 3.66. The Balaban J connectivity index is 2.08. The third kappa shape index (κ3) is 1.95. The van der Waals surface area contributed by atoms with Gasteiger partial charge in [0.1, 0.15) is 18.2 Å². The molecule has 3 aromatic heterocycles. The number of hydrogen-bond donors (Lipinski definition) is 0. The van der Waals surface area contributed by atoms with E-state index in [1.165, 1.54) is 6.33 Å². The zero-order valence-electron chi connectivity index (χ0n) is 11.9. The molecule has 1 aromatic carbocycles. The van der Waals surface area contributed by atoms with Gasteiger partial charge in [0, 0.05) is 16.8 Å². The summed E-state index contributed by atoms with van der Waals surface area (Å²) in [5.74, 6) is 0.756. The standard InChI is InChI=1S/C17H14N5/c1-2-9-21-10-3-4-14-6-5-13-7-8-15(20-16(13)17(14)21)22-12-18-11-19-22/h2-8,10-12H,1,9H2/q+1. The first-order valence-corrected chi connectivity index (χ1v) is 7.04. The van der Waals surface area contributed by atoms with Crippen LogP contribution in [0.5, 0.6) is 0 Å². The third-order valence-electron chi connectivity index (χ3n) is 3.66. The van der Waals surface area contributed by atoms with E-state index in [0.29, 0.717) is 0 Å². The fourth-order valence-corrected chi connectivity index (χ4v) is 2.69. The number of rotatable bonds is 3. The number of pyridine rings is 2. The van der Waals surface area contributed by atoms with Gasteiger partial charge in [0.2, 0.25) is 5.52 Å². The van der Waals surface area contributed by atoms with Crippen molar-refractivity contribution in [1.29, 1.82) is 0 Å². The van der Waals surface area contributed by atoms with E-state index in [1.807, 2.05) is 24.4 Å². The summed E-state index contributed by atoms with van der Waals surface area (Å²) < 4.78 is 3.82. The van der Waals surface area contributed by atoms with Crippen LogP contribution in [0.4, 0.5) is 0 Å². The lowest BCUT2D eigenvalue weighted by atomic mass is 10.1. The summed E-state index contributed by atoms with van der Waals surface area (Å²) >= 11 is 0. The molecule has 0 unspecified atom stereocenters. The molecule has 5 heteroatoms. The molecule has 0 spiro atoms. The molecule has 4 aromatic rings. The smallest absolute Gasteiger partial charge is 0.223 e. The Morgan fingerprint density at radius 1 is 1.14 bits per heavy atom. The molecule has 0 saturated heterocycles. The molecule has 4 rings (SSSR count). The van der Waals surface area contributed by atoms with Crippen LogP contribution in [0.15, 0.2) is 67.9 Å². The lowest BCUT2D eigenvalue weighted by Crippen LogP contribution is -2.33. The van der Waals surface area contributed by atoms with E-state index in [1.54, 1.807) is 11.0 Å². The van der Waals surface area contributed by atoms with Crippen molar-refractivity contribution in [1.82, 2.24) is 19.7 Å². The first-order chi connectivity index (χ1) is 10.9. The SMILES string of the molecule is C=CC[n+]1cccc2ccc3ccc(-n4cncn4)nc3c21. The Bertz CT molecular complexity index is 973. The number of fused-ring (bicyclic) bond motifs is 3. The molecule has 0 N–H and O–H groups in total. The van der Waals surface area contributed by atoms with Crippen molar-refractivity contribution in [3.05, 3.63) is 67.9 Å². The highest BCUT2D eigenvalue weighted by Gasteiger charge is 2.13. The molecule has 0 aliphatic rings. The monoisotopic (exact) mass is 288 g/mol. The van der Waals surface area contributed by atoms with Crippen LogP contribution in [-0.2, 0) is 6.54 Å². The molecular weight excluding hydrogens is 274 g/mol. The van der Waals surface area contributed by atoms with Crippen molar-refractivity contribution in [3.63, 3.8) is 0 Å².